The van der Waals surface area contributed by atoms with Crippen LogP contribution in [0.25, 0.3) is 5.69 Å². The number of likely N-dealkylation sites (tertiary alicyclic amines) is 1. The van der Waals surface area contributed by atoms with Gasteiger partial charge in [0.1, 0.15) is 0 Å². The SMILES string of the molecule is CCC(CC)C(=O)NCc1nnc(SCCN2CCCC2)n1-c1cccc(C(F)(F)F)c1. The van der Waals surface area contributed by atoms with Crippen LogP contribution in [0.5, 0.6) is 0 Å². The number of hydrogen-bond donors (Lipinski definition) is 1. The van der Waals surface area contributed by atoms with Crippen LogP contribution in [0.2, 0.25) is 0 Å². The second-order valence-electron chi connectivity index (χ2n) is 7.91. The van der Waals surface area contributed by atoms with Crippen LogP contribution in [0.1, 0.15) is 50.9 Å². The zero-order chi connectivity index (χ0) is 23.1. The van der Waals surface area contributed by atoms with Gasteiger partial charge in [-0.1, -0.05) is 31.7 Å². The van der Waals surface area contributed by atoms with Crippen molar-refractivity contribution in [2.75, 3.05) is 25.4 Å². The van der Waals surface area contributed by atoms with E-state index < -0.39 is 11.7 Å². The van der Waals surface area contributed by atoms with Gasteiger partial charge in [-0.05, 0) is 57.0 Å². The lowest BCUT2D eigenvalue weighted by Crippen LogP contribution is -2.30. The van der Waals surface area contributed by atoms with E-state index in [1.165, 1.54) is 30.7 Å². The number of amides is 1. The number of hydrogen-bond acceptors (Lipinski definition) is 5. The molecule has 1 fully saturated rings. The molecule has 0 aliphatic carbocycles. The lowest BCUT2D eigenvalue weighted by Gasteiger charge is -2.16. The average molecular weight is 470 g/mol. The standard InChI is InChI=1S/C22H30F3N5OS/c1-3-16(4-2)20(31)26-15-19-27-28-21(32-13-12-29-10-5-6-11-29)30(19)18-9-7-8-17(14-18)22(23,24)25/h7-9,14,16H,3-6,10-13,15H2,1-2H3,(H,26,31). The number of nitrogens with zero attached hydrogens (tertiary/aromatic N) is 4. The first-order chi connectivity index (χ1) is 15.3. The Morgan fingerprint density at radius 1 is 1.19 bits per heavy atom. The highest BCUT2D eigenvalue weighted by Gasteiger charge is 2.31. The molecule has 2 heterocycles. The molecular weight excluding hydrogens is 439 g/mol. The van der Waals surface area contributed by atoms with Crippen molar-refractivity contribution in [2.45, 2.75) is 57.4 Å². The number of nitrogens with one attached hydrogen (secondary N) is 1. The molecule has 1 aromatic heterocycles. The Bertz CT molecular complexity index is 892. The molecule has 1 aliphatic rings. The Hall–Kier alpha value is -2.07. The van der Waals surface area contributed by atoms with Crippen LogP contribution in [0.15, 0.2) is 29.4 Å². The number of thioether (sulfide) groups is 1. The van der Waals surface area contributed by atoms with Crippen LogP contribution >= 0.6 is 11.8 Å². The van der Waals surface area contributed by atoms with E-state index in [-0.39, 0.29) is 18.4 Å². The number of alkyl halides is 3. The van der Waals surface area contributed by atoms with Crippen LogP contribution in [0, 0.1) is 5.92 Å². The molecule has 1 saturated heterocycles. The van der Waals surface area contributed by atoms with Crippen LogP contribution in [-0.2, 0) is 17.5 Å². The number of aromatic nitrogens is 3. The maximum atomic E-state index is 13.3. The summed E-state index contributed by atoms with van der Waals surface area (Å²) in [7, 11) is 0. The van der Waals surface area contributed by atoms with Gasteiger partial charge in [-0.25, -0.2) is 0 Å². The molecule has 0 unspecified atom stereocenters. The Balaban J connectivity index is 1.83. The molecular formula is C22H30F3N5OS. The summed E-state index contributed by atoms with van der Waals surface area (Å²) < 4.78 is 41.5. The first kappa shape index (κ1) is 24.6. The van der Waals surface area contributed by atoms with Crippen molar-refractivity contribution in [3.05, 3.63) is 35.7 Å². The lowest BCUT2D eigenvalue weighted by atomic mass is 10.0. The summed E-state index contributed by atoms with van der Waals surface area (Å²) in [4.78, 5) is 14.8. The van der Waals surface area contributed by atoms with E-state index in [9.17, 15) is 18.0 Å². The summed E-state index contributed by atoms with van der Waals surface area (Å²) in [6.07, 6.45) is -0.603. The predicted octanol–water partition coefficient (Wildman–Crippen LogP) is 4.53. The molecule has 0 bridgehead atoms. The van der Waals surface area contributed by atoms with Crippen molar-refractivity contribution >= 4 is 17.7 Å². The first-order valence-corrected chi connectivity index (χ1v) is 12.1. The fraction of sp³-hybridized carbons (Fsp3) is 0.591. The Labute approximate surface area is 191 Å². The van der Waals surface area contributed by atoms with Crippen molar-refractivity contribution in [1.29, 1.82) is 0 Å². The van der Waals surface area contributed by atoms with Crippen molar-refractivity contribution < 1.29 is 18.0 Å². The topological polar surface area (TPSA) is 63.1 Å². The van der Waals surface area contributed by atoms with Crippen LogP contribution in [0.3, 0.4) is 0 Å². The summed E-state index contributed by atoms with van der Waals surface area (Å²) in [6.45, 7) is 7.05. The number of carbonyl (C=O) groups is 1. The van der Waals surface area contributed by atoms with Gasteiger partial charge in [-0.3, -0.25) is 9.36 Å². The van der Waals surface area contributed by atoms with Gasteiger partial charge in [0.05, 0.1) is 17.8 Å². The Kier molecular flexibility index (Phi) is 8.58. The monoisotopic (exact) mass is 469 g/mol. The smallest absolute Gasteiger partial charge is 0.349 e. The third-order valence-corrected chi connectivity index (χ3v) is 6.66. The molecule has 0 spiro atoms. The van der Waals surface area contributed by atoms with E-state index >= 15 is 0 Å². The van der Waals surface area contributed by atoms with E-state index in [0.717, 1.165) is 50.4 Å². The Morgan fingerprint density at radius 3 is 2.56 bits per heavy atom. The summed E-state index contributed by atoms with van der Waals surface area (Å²) in [6, 6.07) is 5.13. The molecule has 176 valence electrons. The quantitative estimate of drug-likeness (QED) is 0.518. The third-order valence-electron chi connectivity index (χ3n) is 5.75. The van der Waals surface area contributed by atoms with E-state index in [2.05, 4.69) is 20.4 Å². The minimum Gasteiger partial charge on any atom is -0.349 e. The summed E-state index contributed by atoms with van der Waals surface area (Å²) >= 11 is 1.47. The molecule has 0 radical (unpaired) electrons. The van der Waals surface area contributed by atoms with Gasteiger partial charge in [0.25, 0.3) is 0 Å². The maximum Gasteiger partial charge on any atom is 0.416 e. The summed E-state index contributed by atoms with van der Waals surface area (Å²) in [5.74, 6) is 0.982. The highest BCUT2D eigenvalue weighted by molar-refractivity contribution is 7.99. The van der Waals surface area contributed by atoms with Crippen molar-refractivity contribution in [1.82, 2.24) is 25.0 Å². The predicted molar refractivity (Wildman–Crippen MR) is 119 cm³/mol. The average Bonchev–Trinajstić information content (AvgIpc) is 3.43. The fourth-order valence-corrected chi connectivity index (χ4v) is 4.80. The molecule has 32 heavy (non-hydrogen) atoms. The van der Waals surface area contributed by atoms with E-state index in [1.54, 1.807) is 10.6 Å². The third kappa shape index (κ3) is 6.25. The molecule has 1 aromatic carbocycles. The van der Waals surface area contributed by atoms with Gasteiger partial charge in [0, 0.05) is 18.2 Å². The van der Waals surface area contributed by atoms with E-state index in [4.69, 9.17) is 0 Å². The number of halogens is 3. The first-order valence-electron chi connectivity index (χ1n) is 11.1. The minimum absolute atomic E-state index is 0.0863. The van der Waals surface area contributed by atoms with Crippen LogP contribution in [0.4, 0.5) is 13.2 Å². The van der Waals surface area contributed by atoms with Crippen molar-refractivity contribution in [2.24, 2.45) is 5.92 Å². The zero-order valence-electron chi connectivity index (χ0n) is 18.5. The molecule has 6 nitrogen and oxygen atoms in total. The largest absolute Gasteiger partial charge is 0.416 e. The minimum atomic E-state index is -4.45. The summed E-state index contributed by atoms with van der Waals surface area (Å²) in [5.41, 5.74) is -0.399. The second-order valence-corrected chi connectivity index (χ2v) is 8.97. The second kappa shape index (κ2) is 11.2. The van der Waals surface area contributed by atoms with Gasteiger partial charge in [-0.15, -0.1) is 10.2 Å². The Morgan fingerprint density at radius 2 is 1.91 bits per heavy atom. The van der Waals surface area contributed by atoms with Gasteiger partial charge in [-0.2, -0.15) is 13.2 Å². The fourth-order valence-electron chi connectivity index (χ4n) is 3.83. The molecule has 1 amide bonds. The number of rotatable bonds is 10. The van der Waals surface area contributed by atoms with Gasteiger partial charge < -0.3 is 10.2 Å². The van der Waals surface area contributed by atoms with Crippen molar-refractivity contribution in [3.8, 4) is 5.69 Å². The van der Waals surface area contributed by atoms with E-state index in [1.807, 2.05) is 13.8 Å². The van der Waals surface area contributed by atoms with Crippen LogP contribution in [-0.4, -0.2) is 51.0 Å². The van der Waals surface area contributed by atoms with E-state index in [0.29, 0.717) is 16.7 Å². The highest BCUT2D eigenvalue weighted by Crippen LogP contribution is 2.31. The molecule has 1 N–H and O–H groups in total. The summed E-state index contributed by atoms with van der Waals surface area (Å²) in [5, 5.41) is 11.8. The molecule has 2 aromatic rings. The molecule has 0 atom stereocenters. The normalized spacial score (nSPS) is 14.9. The molecule has 3 rings (SSSR count). The molecule has 0 saturated carbocycles. The molecule has 1 aliphatic heterocycles. The van der Waals surface area contributed by atoms with Gasteiger partial charge >= 0.3 is 6.18 Å². The van der Waals surface area contributed by atoms with Gasteiger partial charge in [0.2, 0.25) is 5.91 Å². The van der Waals surface area contributed by atoms with Gasteiger partial charge in [0.15, 0.2) is 11.0 Å². The highest BCUT2D eigenvalue weighted by atomic mass is 32.2. The van der Waals surface area contributed by atoms with Crippen molar-refractivity contribution in [3.63, 3.8) is 0 Å². The maximum absolute atomic E-state index is 13.3. The lowest BCUT2D eigenvalue weighted by molar-refractivity contribution is -0.137. The van der Waals surface area contributed by atoms with Crippen LogP contribution < -0.4 is 5.32 Å². The zero-order valence-corrected chi connectivity index (χ0v) is 19.3. The number of carbonyl (C=O) groups excluding carboxylic acids is 1. The number of benzene rings is 1. The molecule has 10 heteroatoms.